The van der Waals surface area contributed by atoms with Crippen molar-refractivity contribution >= 4 is 38.6 Å². The molecule has 2 atom stereocenters. The Balaban J connectivity index is 1.45. The highest BCUT2D eigenvalue weighted by Crippen LogP contribution is 2.25. The van der Waals surface area contributed by atoms with Crippen LogP contribution in [0.5, 0.6) is 5.75 Å². The average Bonchev–Trinajstić information content (AvgIpc) is 3.25. The summed E-state index contributed by atoms with van der Waals surface area (Å²) in [6.07, 6.45) is 2.36. The highest BCUT2D eigenvalue weighted by molar-refractivity contribution is 7.89. The Labute approximate surface area is 233 Å². The molecule has 12 heteroatoms. The lowest BCUT2D eigenvalue weighted by atomic mass is 10.0. The molecule has 0 aliphatic carbocycles. The Bertz CT molecular complexity index is 1520. The predicted molar refractivity (Wildman–Crippen MR) is 147 cm³/mol. The molecule has 11 nitrogen and oxygen atoms in total. The van der Waals surface area contributed by atoms with Gasteiger partial charge < -0.3 is 19.8 Å². The van der Waals surface area contributed by atoms with E-state index >= 15 is 0 Å². The molecule has 2 amide bonds. The number of sulfonamides is 1. The Morgan fingerprint density at radius 2 is 2.00 bits per heavy atom. The molecular formula is C28H34N4O7S. The minimum Gasteiger partial charge on any atom is -0.497 e. The van der Waals surface area contributed by atoms with E-state index in [9.17, 15) is 22.8 Å². The Kier molecular flexibility index (Phi) is 8.89. The molecule has 40 heavy (non-hydrogen) atoms. The van der Waals surface area contributed by atoms with E-state index in [0.717, 1.165) is 4.31 Å². The van der Waals surface area contributed by atoms with Crippen molar-refractivity contribution in [1.29, 1.82) is 0 Å². The molecule has 3 heterocycles. The number of pyridine rings is 1. The van der Waals surface area contributed by atoms with E-state index in [-0.39, 0.29) is 36.2 Å². The zero-order valence-corrected chi connectivity index (χ0v) is 23.8. The summed E-state index contributed by atoms with van der Waals surface area (Å²) in [4.78, 5) is 43.5. The number of methoxy groups -OCH3 is 1. The van der Waals surface area contributed by atoms with Crippen molar-refractivity contribution in [2.24, 2.45) is 5.92 Å². The van der Waals surface area contributed by atoms with Crippen LogP contribution in [0.4, 0.5) is 0 Å². The van der Waals surface area contributed by atoms with Crippen LogP contribution >= 0.6 is 0 Å². The van der Waals surface area contributed by atoms with E-state index < -0.39 is 39.7 Å². The van der Waals surface area contributed by atoms with Gasteiger partial charge in [0.25, 0.3) is 15.9 Å². The number of nitrogens with zero attached hydrogens (tertiary/aromatic N) is 2. The number of aromatic nitrogens is 1. The number of ketones is 1. The van der Waals surface area contributed by atoms with Gasteiger partial charge in [0, 0.05) is 18.1 Å². The first-order valence-electron chi connectivity index (χ1n) is 13.1. The van der Waals surface area contributed by atoms with Gasteiger partial charge >= 0.3 is 0 Å². The summed E-state index contributed by atoms with van der Waals surface area (Å²) in [7, 11) is -2.44. The molecule has 3 aromatic rings. The van der Waals surface area contributed by atoms with Gasteiger partial charge in [-0.1, -0.05) is 19.9 Å². The second-order valence-corrected chi connectivity index (χ2v) is 12.2. The number of amides is 2. The molecule has 1 saturated heterocycles. The Morgan fingerprint density at radius 1 is 1.23 bits per heavy atom. The van der Waals surface area contributed by atoms with E-state index in [0.29, 0.717) is 35.1 Å². The topological polar surface area (TPSA) is 148 Å². The van der Waals surface area contributed by atoms with Crippen LogP contribution in [0.3, 0.4) is 0 Å². The summed E-state index contributed by atoms with van der Waals surface area (Å²) in [6.45, 7) is 5.22. The van der Waals surface area contributed by atoms with Gasteiger partial charge in [-0.2, -0.15) is 4.31 Å². The van der Waals surface area contributed by atoms with Gasteiger partial charge in [-0.3, -0.25) is 14.4 Å². The number of hydrogen-bond donors (Lipinski definition) is 2. The zero-order valence-electron chi connectivity index (χ0n) is 23.0. The molecule has 1 aliphatic heterocycles. The number of rotatable bonds is 9. The number of Topliss-reactive ketones (excluding diaryl/α,β-unsaturated/α-hetero) is 1. The van der Waals surface area contributed by atoms with E-state index in [1.165, 1.54) is 6.20 Å². The summed E-state index contributed by atoms with van der Waals surface area (Å²) >= 11 is 0. The monoisotopic (exact) mass is 570 g/mol. The van der Waals surface area contributed by atoms with Crippen LogP contribution in [0.2, 0.25) is 0 Å². The molecule has 1 fully saturated rings. The number of carbonyl (C=O) groups excluding carboxylic acids is 3. The van der Waals surface area contributed by atoms with Crippen molar-refractivity contribution in [3.63, 3.8) is 0 Å². The third-order valence-corrected chi connectivity index (χ3v) is 8.67. The van der Waals surface area contributed by atoms with Crippen molar-refractivity contribution < 1.29 is 32.0 Å². The highest BCUT2D eigenvalue weighted by Gasteiger charge is 2.35. The lowest BCUT2D eigenvalue weighted by Crippen LogP contribution is -2.52. The summed E-state index contributed by atoms with van der Waals surface area (Å²) in [5.74, 6) is -0.791. The van der Waals surface area contributed by atoms with Crippen molar-refractivity contribution in [3.8, 4) is 5.75 Å². The standard InChI is InChI=1S/C28H34N4O7S/c1-17(2)13-22(31-27(35)25-15-19-14-20(38-4)9-10-24(19)39-25)26(34)30-21-8-6-12-32(16-23(21)33)40(36,37)28-18(3)7-5-11-29-28/h5,7,9-11,14-15,17,21-22H,6,8,12-13,16H2,1-4H3,(H,30,34)(H,31,35)/t21-,22?/m0/s1. The van der Waals surface area contributed by atoms with Crippen LogP contribution in [0, 0.1) is 12.8 Å². The molecule has 0 bridgehead atoms. The highest BCUT2D eigenvalue weighted by atomic mass is 32.2. The van der Waals surface area contributed by atoms with Crippen molar-refractivity contribution in [2.75, 3.05) is 20.2 Å². The van der Waals surface area contributed by atoms with E-state index in [1.807, 2.05) is 13.8 Å². The average molecular weight is 571 g/mol. The molecule has 2 N–H and O–H groups in total. The second kappa shape index (κ2) is 12.2. The van der Waals surface area contributed by atoms with Gasteiger partial charge in [0.1, 0.15) is 17.4 Å². The first-order valence-corrected chi connectivity index (χ1v) is 14.6. The molecule has 1 unspecified atom stereocenters. The lowest BCUT2D eigenvalue weighted by molar-refractivity contribution is -0.129. The maximum Gasteiger partial charge on any atom is 0.287 e. The number of ether oxygens (including phenoxy) is 1. The van der Waals surface area contributed by atoms with Crippen LogP contribution in [-0.2, 0) is 19.6 Å². The van der Waals surface area contributed by atoms with Gasteiger partial charge in [-0.05, 0) is 68.0 Å². The maximum atomic E-state index is 13.3. The quantitative estimate of drug-likeness (QED) is 0.399. The van der Waals surface area contributed by atoms with Crippen molar-refractivity contribution in [3.05, 3.63) is 53.9 Å². The number of fused-ring (bicyclic) bond motifs is 1. The summed E-state index contributed by atoms with van der Waals surface area (Å²) < 4.78 is 38.4. The fourth-order valence-electron chi connectivity index (χ4n) is 4.68. The Hall–Kier alpha value is -3.77. The normalized spacial score (nSPS) is 17.4. The number of hydrogen-bond acceptors (Lipinski definition) is 8. The van der Waals surface area contributed by atoms with Crippen LogP contribution in [-0.4, -0.2) is 67.6 Å². The molecular weight excluding hydrogens is 536 g/mol. The van der Waals surface area contributed by atoms with Gasteiger partial charge in [0.2, 0.25) is 5.91 Å². The van der Waals surface area contributed by atoms with Gasteiger partial charge in [-0.15, -0.1) is 0 Å². The zero-order chi connectivity index (χ0) is 29.0. The molecule has 2 aromatic heterocycles. The Morgan fingerprint density at radius 3 is 2.70 bits per heavy atom. The molecule has 0 radical (unpaired) electrons. The molecule has 0 saturated carbocycles. The van der Waals surface area contributed by atoms with Crippen molar-refractivity contribution in [1.82, 2.24) is 19.9 Å². The van der Waals surface area contributed by atoms with Crippen LogP contribution in [0.15, 0.2) is 52.0 Å². The number of carbonyl (C=O) groups is 3. The first kappa shape index (κ1) is 29.2. The SMILES string of the molecule is COc1ccc2oc(C(=O)NC(CC(C)C)C(=O)N[C@H]3CCCN(S(=O)(=O)c4ncccc4C)CC3=O)cc2c1. The summed E-state index contributed by atoms with van der Waals surface area (Å²) in [5.41, 5.74) is 0.986. The molecule has 1 aliphatic rings. The number of benzene rings is 1. The van der Waals surface area contributed by atoms with E-state index in [2.05, 4.69) is 15.6 Å². The molecule has 1 aromatic carbocycles. The largest absolute Gasteiger partial charge is 0.497 e. The third kappa shape index (κ3) is 6.50. The second-order valence-electron chi connectivity index (χ2n) is 10.3. The van der Waals surface area contributed by atoms with Gasteiger partial charge in [0.15, 0.2) is 16.6 Å². The van der Waals surface area contributed by atoms with Gasteiger partial charge in [0.05, 0.1) is 19.7 Å². The van der Waals surface area contributed by atoms with Crippen molar-refractivity contribution in [2.45, 2.75) is 57.1 Å². The maximum absolute atomic E-state index is 13.3. The molecule has 214 valence electrons. The lowest BCUT2D eigenvalue weighted by Gasteiger charge is -2.23. The molecule has 4 rings (SSSR count). The summed E-state index contributed by atoms with van der Waals surface area (Å²) in [6, 6.07) is 8.20. The third-order valence-electron chi connectivity index (χ3n) is 6.76. The minimum absolute atomic E-state index is 0.0426. The number of furan rings is 1. The summed E-state index contributed by atoms with van der Waals surface area (Å²) in [5, 5.41) is 6.07. The van der Waals surface area contributed by atoms with Crippen LogP contribution in [0.1, 0.15) is 49.2 Å². The minimum atomic E-state index is -3.98. The first-order chi connectivity index (χ1) is 19.0. The van der Waals surface area contributed by atoms with Crippen LogP contribution in [0.25, 0.3) is 11.0 Å². The predicted octanol–water partition coefficient (Wildman–Crippen LogP) is 2.83. The van der Waals surface area contributed by atoms with Crippen LogP contribution < -0.4 is 15.4 Å². The number of nitrogens with one attached hydrogen (secondary N) is 2. The molecule has 0 spiro atoms. The smallest absolute Gasteiger partial charge is 0.287 e. The van der Waals surface area contributed by atoms with Gasteiger partial charge in [-0.25, -0.2) is 13.4 Å². The fraction of sp³-hybridized carbons (Fsp3) is 0.429. The fourth-order valence-corrected chi connectivity index (χ4v) is 6.26. The van der Waals surface area contributed by atoms with E-state index in [4.69, 9.17) is 9.15 Å². The number of aryl methyl sites for hydroxylation is 1. The van der Waals surface area contributed by atoms with E-state index in [1.54, 1.807) is 50.4 Å².